The summed E-state index contributed by atoms with van der Waals surface area (Å²) in [7, 11) is 0. The summed E-state index contributed by atoms with van der Waals surface area (Å²) in [5.41, 5.74) is 0.975. The lowest BCUT2D eigenvalue weighted by Gasteiger charge is -2.05. The molecule has 24 heavy (non-hydrogen) atoms. The fraction of sp³-hybridized carbons (Fsp3) is 0.118. The molecule has 0 spiro atoms. The molecule has 0 saturated carbocycles. The van der Waals surface area contributed by atoms with Crippen LogP contribution in [0, 0.1) is 6.92 Å². The molecule has 3 rings (SSSR count). The second kappa shape index (κ2) is 6.57. The van der Waals surface area contributed by atoms with E-state index in [2.05, 4.69) is 14.8 Å². The number of ether oxygens (including phenoxy) is 1. The van der Waals surface area contributed by atoms with E-state index in [0.29, 0.717) is 22.3 Å². The Hall–Kier alpha value is -3.09. The van der Waals surface area contributed by atoms with Gasteiger partial charge in [0.05, 0.1) is 17.1 Å². The van der Waals surface area contributed by atoms with E-state index in [1.54, 1.807) is 37.3 Å². The lowest BCUT2D eigenvalue weighted by Crippen LogP contribution is -2.20. The number of fused-ring (bicyclic) bond motifs is 1. The Morgan fingerprint density at radius 3 is 2.58 bits per heavy atom. The first kappa shape index (κ1) is 15.8. The van der Waals surface area contributed by atoms with Crippen LogP contribution in [0.15, 0.2) is 58.4 Å². The van der Waals surface area contributed by atoms with Crippen molar-refractivity contribution in [2.75, 3.05) is 0 Å². The van der Waals surface area contributed by atoms with Crippen LogP contribution in [0.3, 0.4) is 0 Å². The number of halogens is 2. The number of rotatable bonds is 4. The first-order valence-electron chi connectivity index (χ1n) is 7.12. The third-order valence-electron chi connectivity index (χ3n) is 3.34. The molecule has 2 aromatic carbocycles. The molecule has 1 aromatic heterocycles. The quantitative estimate of drug-likeness (QED) is 0.691. The number of para-hydroxylation sites is 1. The van der Waals surface area contributed by atoms with Crippen LogP contribution >= 0.6 is 0 Å². The molecule has 0 bridgehead atoms. The molecule has 0 saturated heterocycles. The summed E-state index contributed by atoms with van der Waals surface area (Å²) < 4.78 is 29.7. The van der Waals surface area contributed by atoms with Gasteiger partial charge in [-0.1, -0.05) is 12.1 Å². The molecule has 5 nitrogen and oxygen atoms in total. The molecule has 3 aromatic rings. The van der Waals surface area contributed by atoms with Crippen molar-refractivity contribution in [2.24, 2.45) is 5.10 Å². The normalized spacial score (nSPS) is 11.5. The molecule has 0 aliphatic heterocycles. The van der Waals surface area contributed by atoms with Gasteiger partial charge in [-0.15, -0.1) is 0 Å². The first-order chi connectivity index (χ1) is 11.5. The average molecular weight is 329 g/mol. The van der Waals surface area contributed by atoms with Crippen molar-refractivity contribution in [1.29, 1.82) is 0 Å². The summed E-state index contributed by atoms with van der Waals surface area (Å²) in [6, 6.07) is 13.0. The highest BCUT2D eigenvalue weighted by molar-refractivity contribution is 5.80. The van der Waals surface area contributed by atoms with Gasteiger partial charge in [0.2, 0.25) is 0 Å². The van der Waals surface area contributed by atoms with Gasteiger partial charge in [-0.05, 0) is 48.9 Å². The van der Waals surface area contributed by atoms with Crippen molar-refractivity contribution in [1.82, 2.24) is 9.66 Å². The van der Waals surface area contributed by atoms with Crippen LogP contribution in [0.4, 0.5) is 8.78 Å². The predicted octanol–water partition coefficient (Wildman–Crippen LogP) is 3.19. The molecule has 0 unspecified atom stereocenters. The minimum atomic E-state index is -2.87. The van der Waals surface area contributed by atoms with Crippen LogP contribution < -0.4 is 10.3 Å². The maximum absolute atomic E-state index is 12.5. The number of hydrogen-bond acceptors (Lipinski definition) is 4. The van der Waals surface area contributed by atoms with Crippen molar-refractivity contribution < 1.29 is 13.5 Å². The molecule has 0 atom stereocenters. The molecule has 1 heterocycles. The second-order valence-corrected chi connectivity index (χ2v) is 4.99. The Kier molecular flexibility index (Phi) is 4.33. The van der Waals surface area contributed by atoms with Crippen molar-refractivity contribution in [3.05, 3.63) is 70.3 Å². The Labute approximate surface area is 135 Å². The number of alkyl halides is 2. The van der Waals surface area contributed by atoms with Crippen LogP contribution in [-0.2, 0) is 0 Å². The third kappa shape index (κ3) is 3.29. The minimum absolute atomic E-state index is 0.0582. The zero-order valence-electron chi connectivity index (χ0n) is 12.7. The molecular weight excluding hydrogens is 316 g/mol. The van der Waals surface area contributed by atoms with Crippen LogP contribution in [0.25, 0.3) is 10.9 Å². The van der Waals surface area contributed by atoms with Gasteiger partial charge in [-0.3, -0.25) is 4.79 Å². The number of aryl methyl sites for hydroxylation is 1. The van der Waals surface area contributed by atoms with E-state index in [1.165, 1.54) is 23.0 Å². The van der Waals surface area contributed by atoms with E-state index >= 15 is 0 Å². The van der Waals surface area contributed by atoms with Gasteiger partial charge in [0.25, 0.3) is 5.56 Å². The summed E-state index contributed by atoms with van der Waals surface area (Å²) >= 11 is 0. The minimum Gasteiger partial charge on any atom is -0.435 e. The fourth-order valence-corrected chi connectivity index (χ4v) is 2.23. The predicted molar refractivity (Wildman–Crippen MR) is 86.8 cm³/mol. The highest BCUT2D eigenvalue weighted by atomic mass is 19.3. The van der Waals surface area contributed by atoms with Gasteiger partial charge in [-0.25, -0.2) is 4.98 Å². The Bertz CT molecular complexity index is 950. The van der Waals surface area contributed by atoms with Gasteiger partial charge in [0.1, 0.15) is 11.6 Å². The number of nitrogens with zero attached hydrogens (tertiary/aromatic N) is 3. The Morgan fingerprint density at radius 2 is 1.88 bits per heavy atom. The fourth-order valence-electron chi connectivity index (χ4n) is 2.23. The van der Waals surface area contributed by atoms with Crippen molar-refractivity contribution in [3.63, 3.8) is 0 Å². The number of aromatic nitrogens is 2. The van der Waals surface area contributed by atoms with E-state index in [1.807, 2.05) is 6.07 Å². The third-order valence-corrected chi connectivity index (χ3v) is 3.34. The second-order valence-electron chi connectivity index (χ2n) is 4.99. The zero-order valence-corrected chi connectivity index (χ0v) is 12.7. The van der Waals surface area contributed by atoms with Gasteiger partial charge in [0, 0.05) is 0 Å². The van der Waals surface area contributed by atoms with E-state index in [4.69, 9.17) is 0 Å². The highest BCUT2D eigenvalue weighted by Gasteiger charge is 2.06. The number of benzene rings is 2. The molecule has 0 fully saturated rings. The van der Waals surface area contributed by atoms with Gasteiger partial charge in [-0.2, -0.15) is 18.6 Å². The van der Waals surface area contributed by atoms with Crippen LogP contribution in [0.1, 0.15) is 11.4 Å². The number of hydrogen-bond donors (Lipinski definition) is 0. The average Bonchev–Trinajstić information content (AvgIpc) is 2.55. The van der Waals surface area contributed by atoms with Gasteiger partial charge < -0.3 is 4.74 Å². The SMILES string of the molecule is Cc1nc2ccccc2c(=O)n1/N=C/c1ccc(OC(F)F)cc1. The van der Waals surface area contributed by atoms with E-state index in [-0.39, 0.29) is 11.3 Å². The Morgan fingerprint density at radius 1 is 1.17 bits per heavy atom. The lowest BCUT2D eigenvalue weighted by molar-refractivity contribution is -0.0498. The van der Waals surface area contributed by atoms with Crippen molar-refractivity contribution in [2.45, 2.75) is 13.5 Å². The molecule has 0 aliphatic carbocycles. The van der Waals surface area contributed by atoms with Crippen LogP contribution in [-0.4, -0.2) is 22.5 Å². The molecule has 0 amide bonds. The molecular formula is C17H13F2N3O2. The molecule has 122 valence electrons. The van der Waals surface area contributed by atoms with Gasteiger partial charge >= 0.3 is 6.61 Å². The summed E-state index contributed by atoms with van der Waals surface area (Å²) in [6.45, 7) is -1.18. The van der Waals surface area contributed by atoms with Crippen LogP contribution in [0.2, 0.25) is 0 Å². The van der Waals surface area contributed by atoms with Gasteiger partial charge in [0.15, 0.2) is 0 Å². The molecule has 7 heteroatoms. The monoisotopic (exact) mass is 329 g/mol. The summed E-state index contributed by atoms with van der Waals surface area (Å²) in [5, 5.41) is 4.62. The lowest BCUT2D eigenvalue weighted by atomic mass is 10.2. The zero-order chi connectivity index (χ0) is 17.1. The maximum Gasteiger partial charge on any atom is 0.387 e. The first-order valence-corrected chi connectivity index (χ1v) is 7.12. The summed E-state index contributed by atoms with van der Waals surface area (Å²) in [5.74, 6) is 0.510. The summed E-state index contributed by atoms with van der Waals surface area (Å²) in [4.78, 5) is 16.8. The molecule has 0 aliphatic rings. The molecule has 0 N–H and O–H groups in total. The topological polar surface area (TPSA) is 56.5 Å². The highest BCUT2D eigenvalue weighted by Crippen LogP contribution is 2.14. The Balaban J connectivity index is 1.92. The summed E-state index contributed by atoms with van der Waals surface area (Å²) in [6.07, 6.45) is 1.46. The van der Waals surface area contributed by atoms with E-state index in [9.17, 15) is 13.6 Å². The van der Waals surface area contributed by atoms with Crippen LogP contribution in [0.5, 0.6) is 5.75 Å². The standard InChI is InChI=1S/C17H13F2N3O2/c1-11-21-15-5-3-2-4-14(15)16(23)22(11)20-10-12-6-8-13(9-7-12)24-17(18)19/h2-10,17H,1H3/b20-10+. The van der Waals surface area contributed by atoms with Crippen molar-refractivity contribution >= 4 is 17.1 Å². The largest absolute Gasteiger partial charge is 0.435 e. The van der Waals surface area contributed by atoms with E-state index in [0.717, 1.165) is 0 Å². The van der Waals surface area contributed by atoms with Crippen molar-refractivity contribution in [3.8, 4) is 5.75 Å². The maximum atomic E-state index is 12.5. The smallest absolute Gasteiger partial charge is 0.387 e. The molecule has 0 radical (unpaired) electrons. The van der Waals surface area contributed by atoms with E-state index < -0.39 is 6.61 Å².